The maximum Gasteiger partial charge on any atom is 0.259 e. The summed E-state index contributed by atoms with van der Waals surface area (Å²) in [4.78, 5) is 12.2. The highest BCUT2D eigenvalue weighted by Gasteiger charge is 2.14. The van der Waals surface area contributed by atoms with Gasteiger partial charge in [0.15, 0.2) is 5.75 Å². The molecular formula is C15H18Cl2N2O4. The molecule has 0 aliphatic rings. The minimum absolute atomic E-state index is 0. The van der Waals surface area contributed by atoms with Crippen LogP contribution >= 0.6 is 24.0 Å². The Morgan fingerprint density at radius 3 is 2.83 bits per heavy atom. The highest BCUT2D eigenvalue weighted by Crippen LogP contribution is 2.33. The van der Waals surface area contributed by atoms with Gasteiger partial charge in [0, 0.05) is 7.11 Å². The number of benzene rings is 1. The zero-order chi connectivity index (χ0) is 15.9. The highest BCUT2D eigenvalue weighted by atomic mass is 35.5. The fourth-order valence-corrected chi connectivity index (χ4v) is 2.01. The third-order valence-corrected chi connectivity index (χ3v) is 3.16. The van der Waals surface area contributed by atoms with Crippen LogP contribution in [-0.4, -0.2) is 26.2 Å². The van der Waals surface area contributed by atoms with E-state index < -0.39 is 0 Å². The highest BCUT2D eigenvalue weighted by molar-refractivity contribution is 6.32. The molecule has 0 radical (unpaired) electrons. The van der Waals surface area contributed by atoms with Crippen LogP contribution in [0.4, 0.5) is 5.69 Å². The van der Waals surface area contributed by atoms with Gasteiger partial charge in [-0.25, -0.2) is 0 Å². The van der Waals surface area contributed by atoms with Crippen LogP contribution in [0.15, 0.2) is 34.9 Å². The van der Waals surface area contributed by atoms with Crippen LogP contribution in [0.5, 0.6) is 5.75 Å². The number of rotatable bonds is 7. The van der Waals surface area contributed by atoms with Crippen molar-refractivity contribution < 1.29 is 18.7 Å². The van der Waals surface area contributed by atoms with Crippen molar-refractivity contribution in [2.75, 3.05) is 25.6 Å². The van der Waals surface area contributed by atoms with Crippen LogP contribution in [0.3, 0.4) is 0 Å². The number of anilines is 1. The van der Waals surface area contributed by atoms with Crippen molar-refractivity contribution in [1.29, 1.82) is 0 Å². The summed E-state index contributed by atoms with van der Waals surface area (Å²) < 4.78 is 15.6. The van der Waals surface area contributed by atoms with E-state index in [2.05, 4.69) is 5.32 Å². The minimum Gasteiger partial charge on any atom is -0.487 e. The lowest BCUT2D eigenvalue weighted by atomic mass is 10.2. The van der Waals surface area contributed by atoms with Crippen LogP contribution in [0.1, 0.15) is 16.1 Å². The molecule has 0 bridgehead atoms. The lowest BCUT2D eigenvalue weighted by Crippen LogP contribution is -2.13. The molecule has 126 valence electrons. The number of carbonyl (C=O) groups excluding carboxylic acids is 1. The van der Waals surface area contributed by atoms with Crippen molar-refractivity contribution in [3.8, 4) is 5.75 Å². The van der Waals surface area contributed by atoms with Gasteiger partial charge in [-0.15, -0.1) is 12.4 Å². The van der Waals surface area contributed by atoms with Gasteiger partial charge in [-0.3, -0.25) is 4.79 Å². The van der Waals surface area contributed by atoms with E-state index in [0.717, 1.165) is 0 Å². The maximum atomic E-state index is 12.2. The first-order chi connectivity index (χ1) is 10.7. The smallest absolute Gasteiger partial charge is 0.259 e. The van der Waals surface area contributed by atoms with Gasteiger partial charge in [-0.2, -0.15) is 0 Å². The normalized spacial score (nSPS) is 10.0. The number of carbonyl (C=O) groups is 1. The van der Waals surface area contributed by atoms with E-state index >= 15 is 0 Å². The number of amides is 1. The van der Waals surface area contributed by atoms with E-state index in [-0.39, 0.29) is 24.9 Å². The van der Waals surface area contributed by atoms with E-state index in [0.29, 0.717) is 41.0 Å². The monoisotopic (exact) mass is 360 g/mol. The molecule has 1 aromatic carbocycles. The predicted molar refractivity (Wildman–Crippen MR) is 90.6 cm³/mol. The number of halogens is 2. The summed E-state index contributed by atoms with van der Waals surface area (Å²) >= 11 is 6.11. The first-order valence-corrected chi connectivity index (χ1v) is 7.02. The van der Waals surface area contributed by atoms with Crippen molar-refractivity contribution >= 4 is 35.6 Å². The number of nitrogens with one attached hydrogen (secondary N) is 1. The molecule has 0 saturated heterocycles. The molecule has 3 N–H and O–H groups in total. The van der Waals surface area contributed by atoms with Crippen molar-refractivity contribution in [3.63, 3.8) is 0 Å². The lowest BCUT2D eigenvalue weighted by molar-refractivity contribution is 0.102. The lowest BCUT2D eigenvalue weighted by Gasteiger charge is -2.13. The van der Waals surface area contributed by atoms with Gasteiger partial charge >= 0.3 is 0 Å². The number of hydrogen-bond acceptors (Lipinski definition) is 5. The zero-order valence-corrected chi connectivity index (χ0v) is 14.1. The van der Waals surface area contributed by atoms with Crippen molar-refractivity contribution in [1.82, 2.24) is 0 Å². The van der Waals surface area contributed by atoms with Crippen LogP contribution in [0.2, 0.25) is 5.02 Å². The number of para-hydroxylation sites is 1. The second-order valence-electron chi connectivity index (χ2n) is 4.42. The fraction of sp³-hybridized carbons (Fsp3) is 0.267. The van der Waals surface area contributed by atoms with E-state index in [4.69, 9.17) is 31.2 Å². The van der Waals surface area contributed by atoms with Gasteiger partial charge in [-0.1, -0.05) is 17.7 Å². The summed E-state index contributed by atoms with van der Waals surface area (Å²) in [6.45, 7) is 0.974. The first kappa shape index (κ1) is 19.3. The molecule has 1 aromatic heterocycles. The Morgan fingerprint density at radius 2 is 2.17 bits per heavy atom. The molecule has 0 aliphatic heterocycles. The SMILES string of the molecule is COCCOc1c(Cl)cccc1NC(=O)c1coc(CN)c1.Cl. The summed E-state index contributed by atoms with van der Waals surface area (Å²) in [7, 11) is 1.58. The molecule has 1 heterocycles. The minimum atomic E-state index is -0.331. The molecule has 2 rings (SSSR count). The Morgan fingerprint density at radius 1 is 1.39 bits per heavy atom. The fourth-order valence-electron chi connectivity index (χ4n) is 1.78. The molecule has 0 saturated carbocycles. The van der Waals surface area contributed by atoms with E-state index in [1.54, 1.807) is 31.4 Å². The molecular weight excluding hydrogens is 343 g/mol. The molecule has 0 fully saturated rings. The quantitative estimate of drug-likeness (QED) is 0.740. The maximum absolute atomic E-state index is 12.2. The van der Waals surface area contributed by atoms with Gasteiger partial charge in [0.25, 0.3) is 5.91 Å². The van der Waals surface area contributed by atoms with Gasteiger partial charge in [0.1, 0.15) is 18.6 Å². The molecule has 8 heteroatoms. The Bertz CT molecular complexity index is 646. The number of nitrogens with two attached hydrogens (primary N) is 1. The first-order valence-electron chi connectivity index (χ1n) is 6.64. The summed E-state index contributed by atoms with van der Waals surface area (Å²) in [5, 5.41) is 3.15. The topological polar surface area (TPSA) is 86.7 Å². The van der Waals surface area contributed by atoms with Crippen LogP contribution < -0.4 is 15.8 Å². The van der Waals surface area contributed by atoms with E-state index in [1.807, 2.05) is 0 Å². The molecule has 2 aromatic rings. The Balaban J connectivity index is 0.00000264. The number of hydrogen-bond donors (Lipinski definition) is 2. The summed E-state index contributed by atoms with van der Waals surface area (Å²) in [6.07, 6.45) is 1.35. The average Bonchev–Trinajstić information content (AvgIpc) is 2.99. The average molecular weight is 361 g/mol. The largest absolute Gasteiger partial charge is 0.487 e. The summed E-state index contributed by atoms with van der Waals surface area (Å²) in [5.74, 6) is 0.604. The summed E-state index contributed by atoms with van der Waals surface area (Å²) in [5.41, 5.74) is 6.31. The third kappa shape index (κ3) is 5.14. The van der Waals surface area contributed by atoms with Crippen molar-refractivity contribution in [2.24, 2.45) is 5.73 Å². The van der Waals surface area contributed by atoms with Crippen LogP contribution in [-0.2, 0) is 11.3 Å². The second kappa shape index (κ2) is 9.42. The molecule has 23 heavy (non-hydrogen) atoms. The van der Waals surface area contributed by atoms with Gasteiger partial charge in [-0.05, 0) is 18.2 Å². The van der Waals surface area contributed by atoms with Gasteiger partial charge in [0.05, 0.1) is 29.4 Å². The van der Waals surface area contributed by atoms with Crippen LogP contribution in [0, 0.1) is 0 Å². The zero-order valence-electron chi connectivity index (χ0n) is 12.5. The number of methoxy groups -OCH3 is 1. The Hall–Kier alpha value is -1.73. The second-order valence-corrected chi connectivity index (χ2v) is 4.82. The molecule has 0 aliphatic carbocycles. The van der Waals surface area contributed by atoms with Crippen molar-refractivity contribution in [3.05, 3.63) is 46.9 Å². The Labute approximate surface area is 145 Å². The predicted octanol–water partition coefficient (Wildman–Crippen LogP) is 3.09. The van der Waals surface area contributed by atoms with Gasteiger partial charge in [0.2, 0.25) is 0 Å². The third-order valence-electron chi connectivity index (χ3n) is 2.87. The number of furan rings is 1. The molecule has 0 spiro atoms. The van der Waals surface area contributed by atoms with Crippen LogP contribution in [0.25, 0.3) is 0 Å². The summed E-state index contributed by atoms with van der Waals surface area (Å²) in [6, 6.07) is 6.70. The molecule has 1 amide bonds. The van der Waals surface area contributed by atoms with E-state index in [1.165, 1.54) is 6.26 Å². The number of ether oxygens (including phenoxy) is 2. The molecule has 0 unspecified atom stereocenters. The molecule has 6 nitrogen and oxygen atoms in total. The molecule has 0 atom stereocenters. The van der Waals surface area contributed by atoms with Crippen molar-refractivity contribution in [2.45, 2.75) is 6.54 Å². The van der Waals surface area contributed by atoms with Gasteiger partial charge < -0.3 is 24.9 Å². The Kier molecular flexibility index (Phi) is 7.91. The van der Waals surface area contributed by atoms with E-state index in [9.17, 15) is 4.79 Å². The standard InChI is InChI=1S/C15H17ClN2O4.ClH/c1-20-5-6-21-14-12(16)3-2-4-13(14)18-15(19)10-7-11(8-17)22-9-10;/h2-4,7,9H,5-6,8,17H2,1H3,(H,18,19);1H.